The van der Waals surface area contributed by atoms with E-state index >= 15 is 0 Å². The molecule has 0 fully saturated rings. The van der Waals surface area contributed by atoms with Crippen LogP contribution in [-0.2, 0) is 0 Å². The van der Waals surface area contributed by atoms with E-state index in [2.05, 4.69) is 30.9 Å². The summed E-state index contributed by atoms with van der Waals surface area (Å²) in [6, 6.07) is 0. The second-order valence-electron chi connectivity index (χ2n) is 2.19. The molecule has 0 aliphatic heterocycles. The van der Waals surface area contributed by atoms with E-state index in [4.69, 9.17) is 0 Å². The van der Waals surface area contributed by atoms with Gasteiger partial charge in [-0.05, 0) is 19.8 Å². The van der Waals surface area contributed by atoms with Crippen molar-refractivity contribution in [2.24, 2.45) is 0 Å². The van der Waals surface area contributed by atoms with Gasteiger partial charge in [0.05, 0.1) is 0 Å². The molecule has 0 amide bonds. The SMILES string of the molecule is C=CC/C=C/C/C=C/C=C/C. The van der Waals surface area contributed by atoms with Gasteiger partial charge < -0.3 is 0 Å². The van der Waals surface area contributed by atoms with Crippen molar-refractivity contribution in [1.82, 2.24) is 0 Å². The lowest BCUT2D eigenvalue weighted by Gasteiger charge is -1.79. The first-order valence-electron chi connectivity index (χ1n) is 3.95. The summed E-state index contributed by atoms with van der Waals surface area (Å²) >= 11 is 0. The molecule has 0 radical (unpaired) electrons. The van der Waals surface area contributed by atoms with Gasteiger partial charge in [0.2, 0.25) is 0 Å². The molecular weight excluding hydrogens is 132 g/mol. The summed E-state index contributed by atoms with van der Waals surface area (Å²) < 4.78 is 0. The highest BCUT2D eigenvalue weighted by molar-refractivity contribution is 5.04. The second kappa shape index (κ2) is 8.96. The van der Waals surface area contributed by atoms with Crippen molar-refractivity contribution in [1.29, 1.82) is 0 Å². The molecule has 0 bridgehead atoms. The molecule has 0 aromatic heterocycles. The lowest BCUT2D eigenvalue weighted by Crippen LogP contribution is -1.58. The molecule has 0 saturated heterocycles. The van der Waals surface area contributed by atoms with E-state index < -0.39 is 0 Å². The highest BCUT2D eigenvalue weighted by Crippen LogP contribution is 1.89. The van der Waals surface area contributed by atoms with Gasteiger partial charge in [-0.1, -0.05) is 42.5 Å². The summed E-state index contributed by atoms with van der Waals surface area (Å²) in [6.07, 6.45) is 16.4. The highest BCUT2D eigenvalue weighted by Gasteiger charge is 1.68. The van der Waals surface area contributed by atoms with Gasteiger partial charge in [0, 0.05) is 0 Å². The molecular formula is C11H16. The summed E-state index contributed by atoms with van der Waals surface area (Å²) in [6.45, 7) is 5.64. The average Bonchev–Trinajstić information content (AvgIpc) is 2.03. The Bertz CT molecular complexity index is 159. The molecule has 0 rings (SSSR count). The summed E-state index contributed by atoms with van der Waals surface area (Å²) in [5, 5.41) is 0. The Balaban J connectivity index is 3.32. The van der Waals surface area contributed by atoms with Crippen LogP contribution in [-0.4, -0.2) is 0 Å². The Labute approximate surface area is 69.6 Å². The van der Waals surface area contributed by atoms with Crippen molar-refractivity contribution in [3.8, 4) is 0 Å². The third-order valence-electron chi connectivity index (χ3n) is 1.18. The van der Waals surface area contributed by atoms with Crippen LogP contribution in [0, 0.1) is 0 Å². The third kappa shape index (κ3) is 8.96. The van der Waals surface area contributed by atoms with Crippen molar-refractivity contribution in [3.63, 3.8) is 0 Å². The van der Waals surface area contributed by atoms with Gasteiger partial charge in [-0.2, -0.15) is 0 Å². The van der Waals surface area contributed by atoms with Crippen LogP contribution in [0.3, 0.4) is 0 Å². The zero-order valence-electron chi connectivity index (χ0n) is 7.16. The van der Waals surface area contributed by atoms with E-state index in [0.717, 1.165) is 12.8 Å². The van der Waals surface area contributed by atoms with Crippen LogP contribution in [0.15, 0.2) is 49.1 Å². The molecule has 0 aliphatic rings. The standard InChI is InChI=1S/C11H16/c1-3-5-7-9-11-10-8-6-4-2/h3-4,6-10H,1,5,11H2,2H3/b6-4+,9-7+,10-8+. The van der Waals surface area contributed by atoms with Gasteiger partial charge in [-0.25, -0.2) is 0 Å². The van der Waals surface area contributed by atoms with Gasteiger partial charge in [-0.15, -0.1) is 6.58 Å². The second-order valence-corrected chi connectivity index (χ2v) is 2.19. The first-order valence-corrected chi connectivity index (χ1v) is 3.95. The van der Waals surface area contributed by atoms with Crippen LogP contribution >= 0.6 is 0 Å². The predicted molar refractivity (Wildman–Crippen MR) is 52.5 cm³/mol. The molecule has 0 N–H and O–H groups in total. The normalized spacial score (nSPS) is 12.1. The van der Waals surface area contributed by atoms with E-state index in [9.17, 15) is 0 Å². The highest BCUT2D eigenvalue weighted by atomic mass is 13.8. The molecule has 0 atom stereocenters. The largest absolute Gasteiger partial charge is 0.103 e. The molecule has 0 heteroatoms. The fraction of sp³-hybridized carbons (Fsp3) is 0.273. The van der Waals surface area contributed by atoms with E-state index in [0.29, 0.717) is 0 Å². The van der Waals surface area contributed by atoms with Crippen LogP contribution in [0.2, 0.25) is 0 Å². The Kier molecular flexibility index (Phi) is 8.11. The molecule has 60 valence electrons. The molecule has 0 unspecified atom stereocenters. The van der Waals surface area contributed by atoms with Crippen molar-refractivity contribution in [3.05, 3.63) is 49.1 Å². The van der Waals surface area contributed by atoms with Crippen LogP contribution in [0.4, 0.5) is 0 Å². The van der Waals surface area contributed by atoms with E-state index in [1.165, 1.54) is 0 Å². The number of hydrogen-bond donors (Lipinski definition) is 0. The lowest BCUT2D eigenvalue weighted by molar-refractivity contribution is 1.32. The summed E-state index contributed by atoms with van der Waals surface area (Å²) in [5.74, 6) is 0. The average molecular weight is 148 g/mol. The Morgan fingerprint density at radius 3 is 2.36 bits per heavy atom. The zero-order chi connectivity index (χ0) is 8.36. The molecule has 11 heavy (non-hydrogen) atoms. The predicted octanol–water partition coefficient (Wildman–Crippen LogP) is 3.64. The van der Waals surface area contributed by atoms with Crippen molar-refractivity contribution >= 4 is 0 Å². The van der Waals surface area contributed by atoms with Gasteiger partial charge in [0.1, 0.15) is 0 Å². The minimum atomic E-state index is 0.970. The maximum Gasteiger partial charge on any atom is -0.0166 e. The molecule has 0 aromatic rings. The maximum atomic E-state index is 3.63. The van der Waals surface area contributed by atoms with Gasteiger partial charge in [-0.3, -0.25) is 0 Å². The number of allylic oxidation sites excluding steroid dienone is 7. The van der Waals surface area contributed by atoms with Crippen molar-refractivity contribution in [2.45, 2.75) is 19.8 Å². The van der Waals surface area contributed by atoms with Crippen LogP contribution in [0.1, 0.15) is 19.8 Å². The topological polar surface area (TPSA) is 0 Å². The minimum absolute atomic E-state index is 0.970. The molecule has 0 aromatic carbocycles. The third-order valence-corrected chi connectivity index (χ3v) is 1.18. The Hall–Kier alpha value is -1.04. The van der Waals surface area contributed by atoms with Crippen molar-refractivity contribution < 1.29 is 0 Å². The lowest BCUT2D eigenvalue weighted by atomic mass is 10.3. The van der Waals surface area contributed by atoms with Crippen LogP contribution in [0.5, 0.6) is 0 Å². The smallest absolute Gasteiger partial charge is 0.0166 e. The minimum Gasteiger partial charge on any atom is -0.103 e. The first kappa shape index (κ1) is 9.96. The Morgan fingerprint density at radius 1 is 1.00 bits per heavy atom. The molecule has 0 aliphatic carbocycles. The molecule has 0 heterocycles. The van der Waals surface area contributed by atoms with Gasteiger partial charge >= 0.3 is 0 Å². The van der Waals surface area contributed by atoms with E-state index in [1.807, 2.05) is 25.2 Å². The molecule has 0 nitrogen and oxygen atoms in total. The fourth-order valence-electron chi connectivity index (χ4n) is 0.635. The summed E-state index contributed by atoms with van der Waals surface area (Å²) in [4.78, 5) is 0. The van der Waals surface area contributed by atoms with E-state index in [-0.39, 0.29) is 0 Å². The van der Waals surface area contributed by atoms with Crippen LogP contribution < -0.4 is 0 Å². The first-order chi connectivity index (χ1) is 5.41. The van der Waals surface area contributed by atoms with Crippen LogP contribution in [0.25, 0.3) is 0 Å². The summed E-state index contributed by atoms with van der Waals surface area (Å²) in [7, 11) is 0. The van der Waals surface area contributed by atoms with E-state index in [1.54, 1.807) is 0 Å². The molecule has 0 spiro atoms. The van der Waals surface area contributed by atoms with Gasteiger partial charge in [0.15, 0.2) is 0 Å². The summed E-state index contributed by atoms with van der Waals surface area (Å²) in [5.41, 5.74) is 0. The number of hydrogen-bond acceptors (Lipinski definition) is 0. The number of rotatable bonds is 5. The van der Waals surface area contributed by atoms with Crippen molar-refractivity contribution in [2.75, 3.05) is 0 Å². The monoisotopic (exact) mass is 148 g/mol. The zero-order valence-corrected chi connectivity index (χ0v) is 7.16. The quantitative estimate of drug-likeness (QED) is 0.412. The Morgan fingerprint density at radius 2 is 1.73 bits per heavy atom. The molecule has 0 saturated carbocycles. The van der Waals surface area contributed by atoms with Gasteiger partial charge in [0.25, 0.3) is 0 Å². The fourth-order valence-corrected chi connectivity index (χ4v) is 0.635. The maximum absolute atomic E-state index is 3.63.